The van der Waals surface area contributed by atoms with E-state index in [1.165, 1.54) is 0 Å². The number of ether oxygens (including phenoxy) is 1. The molecule has 1 aliphatic heterocycles. The first kappa shape index (κ1) is 19.0. The summed E-state index contributed by atoms with van der Waals surface area (Å²) in [5, 5.41) is 3.04. The molecular weight excluding hydrogens is 340 g/mol. The van der Waals surface area contributed by atoms with E-state index in [2.05, 4.69) is 5.32 Å². The number of piperidine rings is 1. The quantitative estimate of drug-likeness (QED) is 0.884. The zero-order valence-electron chi connectivity index (χ0n) is 15.9. The number of amides is 2. The first-order chi connectivity index (χ1) is 13.0. The second kappa shape index (κ2) is 8.25. The molecule has 1 N–H and O–H groups in total. The van der Waals surface area contributed by atoms with Gasteiger partial charge in [-0.15, -0.1) is 0 Å². The number of methoxy groups -OCH3 is 1. The van der Waals surface area contributed by atoms with Crippen molar-refractivity contribution in [3.05, 3.63) is 65.7 Å². The van der Waals surface area contributed by atoms with Gasteiger partial charge in [0.25, 0.3) is 5.91 Å². The molecule has 0 spiro atoms. The molecular formula is C22H26N2O3. The fourth-order valence-corrected chi connectivity index (χ4v) is 3.41. The number of nitrogens with one attached hydrogen (secondary N) is 1. The lowest BCUT2D eigenvalue weighted by molar-refractivity contribution is -0.132. The molecule has 2 aromatic carbocycles. The summed E-state index contributed by atoms with van der Waals surface area (Å²) in [6, 6.07) is 17.1. The molecule has 142 valence electrons. The van der Waals surface area contributed by atoms with Crippen molar-refractivity contribution in [1.82, 2.24) is 10.2 Å². The number of hydrogen-bond acceptors (Lipinski definition) is 3. The van der Waals surface area contributed by atoms with E-state index in [1.54, 1.807) is 19.2 Å². The molecule has 2 amide bonds. The van der Waals surface area contributed by atoms with Crippen LogP contribution in [0.25, 0.3) is 0 Å². The average Bonchev–Trinajstić information content (AvgIpc) is 2.72. The summed E-state index contributed by atoms with van der Waals surface area (Å²) in [5.41, 5.74) is 1.20. The van der Waals surface area contributed by atoms with Crippen LogP contribution in [0.1, 0.15) is 35.7 Å². The molecule has 1 fully saturated rings. The van der Waals surface area contributed by atoms with Gasteiger partial charge >= 0.3 is 0 Å². The Morgan fingerprint density at radius 1 is 1.04 bits per heavy atom. The van der Waals surface area contributed by atoms with Gasteiger partial charge in [-0.05, 0) is 30.5 Å². The summed E-state index contributed by atoms with van der Waals surface area (Å²) >= 11 is 0. The SMILES string of the molecule is COc1ccccc1C(=O)N1CCC(C)(C(=O)NCc2ccccc2)CC1. The third-order valence-corrected chi connectivity index (χ3v) is 5.34. The van der Waals surface area contributed by atoms with E-state index in [1.807, 2.05) is 54.3 Å². The fourth-order valence-electron chi connectivity index (χ4n) is 3.41. The molecule has 0 atom stereocenters. The Kier molecular flexibility index (Phi) is 5.79. The highest BCUT2D eigenvalue weighted by Gasteiger charge is 2.38. The van der Waals surface area contributed by atoms with Gasteiger partial charge in [0.1, 0.15) is 5.75 Å². The number of likely N-dealkylation sites (tertiary alicyclic amines) is 1. The van der Waals surface area contributed by atoms with Crippen molar-refractivity contribution in [3.8, 4) is 5.75 Å². The minimum Gasteiger partial charge on any atom is -0.496 e. The van der Waals surface area contributed by atoms with Gasteiger partial charge in [-0.2, -0.15) is 0 Å². The molecule has 0 bridgehead atoms. The van der Waals surface area contributed by atoms with Crippen molar-refractivity contribution in [2.45, 2.75) is 26.3 Å². The van der Waals surface area contributed by atoms with E-state index in [-0.39, 0.29) is 11.8 Å². The number of nitrogens with zero attached hydrogens (tertiary/aromatic N) is 1. The van der Waals surface area contributed by atoms with Gasteiger partial charge in [0.2, 0.25) is 5.91 Å². The Hall–Kier alpha value is -2.82. The Balaban J connectivity index is 1.58. The predicted molar refractivity (Wildman–Crippen MR) is 105 cm³/mol. The number of carbonyl (C=O) groups is 2. The fraction of sp³-hybridized carbons (Fsp3) is 0.364. The Bertz CT molecular complexity index is 796. The Labute approximate surface area is 160 Å². The van der Waals surface area contributed by atoms with Crippen LogP contribution in [0.5, 0.6) is 5.75 Å². The molecule has 0 aromatic heterocycles. The van der Waals surface area contributed by atoms with Crippen LogP contribution in [0.2, 0.25) is 0 Å². The number of hydrogen-bond donors (Lipinski definition) is 1. The molecule has 0 aliphatic carbocycles. The maximum Gasteiger partial charge on any atom is 0.257 e. The summed E-state index contributed by atoms with van der Waals surface area (Å²) in [5.74, 6) is 0.589. The van der Waals surface area contributed by atoms with Crippen molar-refractivity contribution in [3.63, 3.8) is 0 Å². The van der Waals surface area contributed by atoms with Crippen molar-refractivity contribution in [2.24, 2.45) is 5.41 Å². The zero-order valence-corrected chi connectivity index (χ0v) is 15.9. The van der Waals surface area contributed by atoms with Crippen LogP contribution in [0.15, 0.2) is 54.6 Å². The second-order valence-corrected chi connectivity index (χ2v) is 7.22. The molecule has 27 heavy (non-hydrogen) atoms. The molecule has 5 heteroatoms. The highest BCUT2D eigenvalue weighted by Crippen LogP contribution is 2.32. The van der Waals surface area contributed by atoms with E-state index in [0.717, 1.165) is 5.56 Å². The molecule has 5 nitrogen and oxygen atoms in total. The van der Waals surface area contributed by atoms with Crippen molar-refractivity contribution in [1.29, 1.82) is 0 Å². The molecule has 2 aromatic rings. The third kappa shape index (κ3) is 4.30. The third-order valence-electron chi connectivity index (χ3n) is 5.34. The maximum absolute atomic E-state index is 12.8. The maximum atomic E-state index is 12.8. The molecule has 1 saturated heterocycles. The summed E-state index contributed by atoms with van der Waals surface area (Å²) in [6.07, 6.45) is 1.29. The lowest BCUT2D eigenvalue weighted by atomic mass is 9.79. The van der Waals surface area contributed by atoms with Crippen LogP contribution < -0.4 is 10.1 Å². The van der Waals surface area contributed by atoms with Crippen LogP contribution >= 0.6 is 0 Å². The van der Waals surface area contributed by atoms with E-state index in [9.17, 15) is 9.59 Å². The topological polar surface area (TPSA) is 58.6 Å². The van der Waals surface area contributed by atoms with E-state index < -0.39 is 5.41 Å². The van der Waals surface area contributed by atoms with E-state index in [4.69, 9.17) is 4.74 Å². The summed E-state index contributed by atoms with van der Waals surface area (Å²) in [7, 11) is 1.57. The van der Waals surface area contributed by atoms with Crippen molar-refractivity contribution < 1.29 is 14.3 Å². The van der Waals surface area contributed by atoms with Crippen LogP contribution in [-0.2, 0) is 11.3 Å². The predicted octanol–water partition coefficient (Wildman–Crippen LogP) is 3.25. The molecule has 0 saturated carbocycles. The Morgan fingerprint density at radius 3 is 2.33 bits per heavy atom. The largest absolute Gasteiger partial charge is 0.496 e. The van der Waals surface area contributed by atoms with E-state index >= 15 is 0 Å². The van der Waals surface area contributed by atoms with Crippen LogP contribution in [0.4, 0.5) is 0 Å². The first-order valence-corrected chi connectivity index (χ1v) is 9.28. The van der Waals surface area contributed by atoms with Gasteiger partial charge in [0.05, 0.1) is 12.7 Å². The van der Waals surface area contributed by atoms with Crippen LogP contribution in [0, 0.1) is 5.41 Å². The first-order valence-electron chi connectivity index (χ1n) is 9.28. The number of rotatable bonds is 5. The highest BCUT2D eigenvalue weighted by atomic mass is 16.5. The highest BCUT2D eigenvalue weighted by molar-refractivity contribution is 5.97. The lowest BCUT2D eigenvalue weighted by Crippen LogP contribution is -2.48. The smallest absolute Gasteiger partial charge is 0.257 e. The van der Waals surface area contributed by atoms with Gasteiger partial charge in [0.15, 0.2) is 0 Å². The minimum absolute atomic E-state index is 0.0424. The molecule has 1 aliphatic rings. The van der Waals surface area contributed by atoms with Gasteiger partial charge < -0.3 is 15.0 Å². The van der Waals surface area contributed by atoms with Crippen molar-refractivity contribution in [2.75, 3.05) is 20.2 Å². The van der Waals surface area contributed by atoms with Crippen LogP contribution in [0.3, 0.4) is 0 Å². The van der Waals surface area contributed by atoms with Gasteiger partial charge in [0, 0.05) is 25.0 Å². The standard InChI is InChI=1S/C22H26N2O3/c1-22(21(26)23-16-17-8-4-3-5-9-17)12-14-24(15-13-22)20(25)18-10-6-7-11-19(18)27-2/h3-11H,12-16H2,1-2H3,(H,23,26). The summed E-state index contributed by atoms with van der Waals surface area (Å²) < 4.78 is 5.30. The number of para-hydroxylation sites is 1. The Morgan fingerprint density at radius 2 is 1.67 bits per heavy atom. The van der Waals surface area contributed by atoms with Crippen LogP contribution in [-0.4, -0.2) is 36.9 Å². The van der Waals surface area contributed by atoms with Gasteiger partial charge in [-0.3, -0.25) is 9.59 Å². The van der Waals surface area contributed by atoms with Gasteiger partial charge in [-0.25, -0.2) is 0 Å². The molecule has 1 heterocycles. The second-order valence-electron chi connectivity index (χ2n) is 7.22. The van der Waals surface area contributed by atoms with E-state index in [0.29, 0.717) is 43.8 Å². The molecule has 0 radical (unpaired) electrons. The summed E-state index contributed by atoms with van der Waals surface area (Å²) in [4.78, 5) is 27.3. The average molecular weight is 366 g/mol. The number of carbonyl (C=O) groups excluding carboxylic acids is 2. The zero-order chi connectivity index (χ0) is 19.3. The lowest BCUT2D eigenvalue weighted by Gasteiger charge is -2.38. The molecule has 3 rings (SSSR count). The monoisotopic (exact) mass is 366 g/mol. The molecule has 0 unspecified atom stereocenters. The normalized spacial score (nSPS) is 15.9. The summed E-state index contributed by atoms with van der Waals surface area (Å²) in [6.45, 7) is 3.63. The number of benzene rings is 2. The minimum atomic E-state index is -0.452. The van der Waals surface area contributed by atoms with Gasteiger partial charge in [-0.1, -0.05) is 49.4 Å². The van der Waals surface area contributed by atoms with Crippen molar-refractivity contribution >= 4 is 11.8 Å².